The molecule has 0 aromatic rings. The molecule has 0 aromatic heterocycles. The minimum absolute atomic E-state index is 1.22. The third-order valence-electron chi connectivity index (χ3n) is 0.577. The minimum Gasteiger partial charge on any atom is -0.588 e. The first-order chi connectivity index (χ1) is 4.15. The Bertz CT molecular complexity index is 60.8. The molecule has 0 amide bonds. The molecule has 0 rings (SSSR count). The third-order valence-corrected chi connectivity index (χ3v) is 0.577. The van der Waals surface area contributed by atoms with Crippen molar-refractivity contribution in [2.24, 2.45) is 0 Å². The Morgan fingerprint density at radius 3 is 1.56 bits per heavy atom. The predicted octanol–water partition coefficient (Wildman–Crippen LogP) is -0.385. The minimum atomic E-state index is -1.25. The molecule has 0 spiro atoms. The SMILES string of the molecule is CC[NH2+]CC.N=[N+]([O-])[O-]. The van der Waals surface area contributed by atoms with Crippen LogP contribution in [-0.4, -0.2) is 18.1 Å². The van der Waals surface area contributed by atoms with Gasteiger partial charge in [-0.3, -0.25) is 0 Å². The molecule has 0 heterocycles. The summed E-state index contributed by atoms with van der Waals surface area (Å²) in [5.41, 5.74) is 5.31. The van der Waals surface area contributed by atoms with Crippen molar-refractivity contribution in [1.29, 1.82) is 5.53 Å². The molecule has 0 aliphatic heterocycles. The van der Waals surface area contributed by atoms with Crippen LogP contribution in [0.25, 0.3) is 0 Å². The van der Waals surface area contributed by atoms with Gasteiger partial charge in [0.25, 0.3) is 0 Å². The Hall–Kier alpha value is -0.840. The standard InChI is InChI=1S/C4H11N.HN2O2/c1-3-5-4-2;1-2(3)4/h5H,3-4H2,1-2H3;(H-,1,3,4)/q;-1/p+1. The number of hydrogen-bond acceptors (Lipinski definition) is 3. The molecule has 5 heteroatoms. The molecule has 0 saturated carbocycles. The van der Waals surface area contributed by atoms with Crippen LogP contribution in [0.1, 0.15) is 13.8 Å². The number of nitrogens with one attached hydrogen (secondary N) is 1. The van der Waals surface area contributed by atoms with Crippen LogP contribution in [0.3, 0.4) is 0 Å². The molecule has 0 atom stereocenters. The van der Waals surface area contributed by atoms with Gasteiger partial charge in [0, 0.05) is 0 Å². The van der Waals surface area contributed by atoms with Crippen molar-refractivity contribution in [3.63, 3.8) is 0 Å². The average molecular weight is 135 g/mol. The van der Waals surface area contributed by atoms with Gasteiger partial charge in [-0.2, -0.15) is 0 Å². The number of nitrogens with two attached hydrogens (primary N) is 1. The normalized spacial score (nSPS) is 7.33. The van der Waals surface area contributed by atoms with Crippen LogP contribution in [-0.2, 0) is 0 Å². The fourth-order valence-electron chi connectivity index (χ4n) is 0.289. The van der Waals surface area contributed by atoms with Crippen molar-refractivity contribution in [2.45, 2.75) is 13.8 Å². The maximum absolute atomic E-state index is 8.47. The van der Waals surface area contributed by atoms with Crippen molar-refractivity contribution in [1.82, 2.24) is 0 Å². The highest BCUT2D eigenvalue weighted by atomic mass is 16.8. The van der Waals surface area contributed by atoms with Crippen LogP contribution < -0.4 is 5.32 Å². The number of rotatable bonds is 2. The van der Waals surface area contributed by atoms with Gasteiger partial charge in [-0.15, -0.1) is 0 Å². The Kier molecular flexibility index (Phi) is 12.5. The number of hydrogen-bond donors (Lipinski definition) is 2. The molecule has 0 aromatic carbocycles. The summed E-state index contributed by atoms with van der Waals surface area (Å²) >= 11 is 0. The maximum atomic E-state index is 8.47. The lowest BCUT2D eigenvalue weighted by atomic mass is 10.7. The van der Waals surface area contributed by atoms with E-state index in [1.165, 1.54) is 13.1 Å². The van der Waals surface area contributed by atoms with Gasteiger partial charge in [0.15, 0.2) is 0 Å². The van der Waals surface area contributed by atoms with E-state index < -0.39 is 5.02 Å². The Balaban J connectivity index is 0. The Morgan fingerprint density at radius 1 is 1.33 bits per heavy atom. The summed E-state index contributed by atoms with van der Waals surface area (Å²) in [6.45, 7) is 6.75. The van der Waals surface area contributed by atoms with E-state index in [2.05, 4.69) is 19.2 Å². The summed E-state index contributed by atoms with van der Waals surface area (Å²) in [5.74, 6) is 0. The molecule has 9 heavy (non-hydrogen) atoms. The second-order valence-electron chi connectivity index (χ2n) is 1.36. The first-order valence-electron chi connectivity index (χ1n) is 2.82. The Morgan fingerprint density at radius 2 is 1.56 bits per heavy atom. The molecule has 0 fully saturated rings. The van der Waals surface area contributed by atoms with Gasteiger partial charge in [-0.05, 0) is 19.4 Å². The van der Waals surface area contributed by atoms with Crippen molar-refractivity contribution in [3.05, 3.63) is 10.4 Å². The smallest absolute Gasteiger partial charge is 0.0726 e. The van der Waals surface area contributed by atoms with Gasteiger partial charge in [0.05, 0.1) is 13.1 Å². The highest BCUT2D eigenvalue weighted by Gasteiger charge is 1.67. The fourth-order valence-corrected chi connectivity index (χ4v) is 0.289. The zero-order valence-corrected chi connectivity index (χ0v) is 5.76. The van der Waals surface area contributed by atoms with E-state index in [1.54, 1.807) is 0 Å². The van der Waals surface area contributed by atoms with E-state index in [4.69, 9.17) is 15.9 Å². The van der Waals surface area contributed by atoms with E-state index in [0.717, 1.165) is 0 Å². The largest absolute Gasteiger partial charge is 0.588 e. The summed E-state index contributed by atoms with van der Waals surface area (Å²) in [5, 5.41) is 17.9. The summed E-state index contributed by atoms with van der Waals surface area (Å²) in [7, 11) is 0. The van der Waals surface area contributed by atoms with Crippen LogP contribution in [0.4, 0.5) is 0 Å². The summed E-state index contributed by atoms with van der Waals surface area (Å²) in [4.78, 5) is 0. The van der Waals surface area contributed by atoms with Crippen molar-refractivity contribution in [3.8, 4) is 0 Å². The molecule has 0 aliphatic rings. The van der Waals surface area contributed by atoms with Crippen molar-refractivity contribution >= 4 is 0 Å². The van der Waals surface area contributed by atoms with E-state index in [-0.39, 0.29) is 0 Å². The van der Waals surface area contributed by atoms with Crippen molar-refractivity contribution in [2.75, 3.05) is 13.1 Å². The molecule has 0 radical (unpaired) electrons. The Labute approximate surface area is 54.3 Å². The molecule has 5 nitrogen and oxygen atoms in total. The predicted molar refractivity (Wildman–Crippen MR) is 32.7 cm³/mol. The molecule has 0 aliphatic carbocycles. The highest BCUT2D eigenvalue weighted by molar-refractivity contribution is 3.95. The van der Waals surface area contributed by atoms with Gasteiger partial charge in [0.1, 0.15) is 0 Å². The lowest BCUT2D eigenvalue weighted by Gasteiger charge is -1.88. The first-order valence-corrected chi connectivity index (χ1v) is 2.82. The van der Waals surface area contributed by atoms with Crippen LogP contribution >= 0.6 is 0 Å². The van der Waals surface area contributed by atoms with Gasteiger partial charge >= 0.3 is 0 Å². The lowest BCUT2D eigenvalue weighted by Crippen LogP contribution is -2.82. The van der Waals surface area contributed by atoms with E-state index in [0.29, 0.717) is 0 Å². The quantitative estimate of drug-likeness (QED) is 0.399. The van der Waals surface area contributed by atoms with E-state index in [1.807, 2.05) is 0 Å². The van der Waals surface area contributed by atoms with Gasteiger partial charge in [-0.1, -0.05) is 5.02 Å². The summed E-state index contributed by atoms with van der Waals surface area (Å²) in [6.07, 6.45) is 0. The summed E-state index contributed by atoms with van der Waals surface area (Å²) in [6, 6.07) is 0. The van der Waals surface area contributed by atoms with Gasteiger partial charge in [-0.25, -0.2) is 0 Å². The number of nitrogens with zero attached hydrogens (tertiary/aromatic N) is 1. The van der Waals surface area contributed by atoms with Gasteiger partial charge < -0.3 is 15.7 Å². The zero-order valence-electron chi connectivity index (χ0n) is 5.76. The van der Waals surface area contributed by atoms with Gasteiger partial charge in [0.2, 0.25) is 0 Å². The fraction of sp³-hybridized carbons (Fsp3) is 1.00. The van der Waals surface area contributed by atoms with Crippen LogP contribution in [0.5, 0.6) is 0 Å². The molecular formula is C4H13N3O2. The third kappa shape index (κ3) is 142. The second kappa shape index (κ2) is 10.2. The maximum Gasteiger partial charge on any atom is 0.0726 e. The lowest BCUT2D eigenvalue weighted by molar-refractivity contribution is -0.648. The van der Waals surface area contributed by atoms with Crippen LogP contribution in [0, 0.1) is 15.9 Å². The molecule has 56 valence electrons. The highest BCUT2D eigenvalue weighted by Crippen LogP contribution is 1.45. The van der Waals surface area contributed by atoms with E-state index >= 15 is 0 Å². The second-order valence-corrected chi connectivity index (χ2v) is 1.36. The molecule has 0 bridgehead atoms. The molecule has 3 N–H and O–H groups in total. The van der Waals surface area contributed by atoms with Crippen LogP contribution in [0.15, 0.2) is 0 Å². The zero-order chi connectivity index (χ0) is 7.70. The summed E-state index contributed by atoms with van der Waals surface area (Å²) < 4.78 is 0. The molecule has 0 saturated heterocycles. The first kappa shape index (κ1) is 11.0. The molecule has 0 unspecified atom stereocenters. The van der Waals surface area contributed by atoms with E-state index in [9.17, 15) is 0 Å². The molecular weight excluding hydrogens is 122 g/mol. The topological polar surface area (TPSA) is 89.6 Å². The van der Waals surface area contributed by atoms with Crippen LogP contribution in [0.2, 0.25) is 0 Å². The monoisotopic (exact) mass is 135 g/mol. The van der Waals surface area contributed by atoms with Crippen molar-refractivity contribution < 1.29 is 10.3 Å². The average Bonchev–Trinajstić information content (AvgIpc) is 1.66. The number of quaternary nitrogens is 1.